The van der Waals surface area contributed by atoms with Crippen molar-refractivity contribution in [2.75, 3.05) is 6.54 Å². The van der Waals surface area contributed by atoms with E-state index in [0.717, 1.165) is 12.5 Å². The predicted octanol–water partition coefficient (Wildman–Crippen LogP) is 2.63. The molecule has 1 aliphatic heterocycles. The average Bonchev–Trinajstić information content (AvgIpc) is 2.25. The van der Waals surface area contributed by atoms with Gasteiger partial charge in [-0.2, -0.15) is 0 Å². The first-order valence-corrected chi connectivity index (χ1v) is 5.97. The molecule has 0 aromatic heterocycles. The largest absolute Gasteiger partial charge is 0.376 e. The number of nitrogens with one attached hydrogen (secondary N) is 2. The van der Waals surface area contributed by atoms with Gasteiger partial charge in [0.25, 0.3) is 0 Å². The molecule has 0 aliphatic carbocycles. The molecule has 2 N–H and O–H groups in total. The Balaban J connectivity index is 2.04. The summed E-state index contributed by atoms with van der Waals surface area (Å²) in [7, 11) is 0. The SMILES string of the molecule is CCCCC(C)CCC1NC=CCN1. The highest BCUT2D eigenvalue weighted by Gasteiger charge is 2.09. The fourth-order valence-electron chi connectivity index (χ4n) is 1.85. The first-order valence-electron chi connectivity index (χ1n) is 5.97. The van der Waals surface area contributed by atoms with Crippen molar-refractivity contribution < 1.29 is 0 Å². The fourth-order valence-corrected chi connectivity index (χ4v) is 1.85. The van der Waals surface area contributed by atoms with Crippen molar-refractivity contribution >= 4 is 0 Å². The number of hydrogen-bond acceptors (Lipinski definition) is 2. The topological polar surface area (TPSA) is 24.1 Å². The zero-order chi connectivity index (χ0) is 10.2. The van der Waals surface area contributed by atoms with Crippen LogP contribution in [-0.4, -0.2) is 12.7 Å². The highest BCUT2D eigenvalue weighted by molar-refractivity contribution is 4.90. The molecule has 1 rings (SSSR count). The van der Waals surface area contributed by atoms with Gasteiger partial charge in [-0.05, 0) is 25.0 Å². The maximum Gasteiger partial charge on any atom is 0.0765 e. The summed E-state index contributed by atoms with van der Waals surface area (Å²) in [5.41, 5.74) is 0. The standard InChI is InChI=1S/C12H24N2/c1-3-4-6-11(2)7-8-12-13-9-5-10-14-12/h5,9,11-14H,3-4,6-8,10H2,1-2H3. The van der Waals surface area contributed by atoms with E-state index >= 15 is 0 Å². The summed E-state index contributed by atoms with van der Waals surface area (Å²) in [4.78, 5) is 0. The third-order valence-electron chi connectivity index (χ3n) is 2.90. The minimum Gasteiger partial charge on any atom is -0.376 e. The molecular weight excluding hydrogens is 172 g/mol. The summed E-state index contributed by atoms with van der Waals surface area (Å²) in [6, 6.07) is 0. The van der Waals surface area contributed by atoms with Gasteiger partial charge in [0.15, 0.2) is 0 Å². The Bertz CT molecular complexity index is 166. The van der Waals surface area contributed by atoms with E-state index in [1.807, 2.05) is 0 Å². The molecule has 82 valence electrons. The zero-order valence-corrected chi connectivity index (χ0v) is 9.55. The molecule has 2 atom stereocenters. The lowest BCUT2D eigenvalue weighted by Crippen LogP contribution is -2.42. The van der Waals surface area contributed by atoms with Crippen molar-refractivity contribution in [2.24, 2.45) is 5.92 Å². The molecule has 0 bridgehead atoms. The fraction of sp³-hybridized carbons (Fsp3) is 0.833. The second-order valence-corrected chi connectivity index (χ2v) is 4.35. The molecule has 0 aromatic carbocycles. The number of hydrogen-bond donors (Lipinski definition) is 2. The molecule has 2 nitrogen and oxygen atoms in total. The van der Waals surface area contributed by atoms with Crippen molar-refractivity contribution in [3.8, 4) is 0 Å². The Morgan fingerprint density at radius 1 is 1.43 bits per heavy atom. The minimum absolute atomic E-state index is 0.504. The molecule has 0 radical (unpaired) electrons. The van der Waals surface area contributed by atoms with Crippen LogP contribution >= 0.6 is 0 Å². The van der Waals surface area contributed by atoms with Crippen molar-refractivity contribution in [1.29, 1.82) is 0 Å². The first-order chi connectivity index (χ1) is 6.83. The van der Waals surface area contributed by atoms with Gasteiger partial charge in [-0.1, -0.05) is 39.2 Å². The van der Waals surface area contributed by atoms with Crippen molar-refractivity contribution in [2.45, 2.75) is 52.1 Å². The summed E-state index contributed by atoms with van der Waals surface area (Å²) >= 11 is 0. The number of rotatable bonds is 6. The van der Waals surface area contributed by atoms with Crippen LogP contribution in [0.1, 0.15) is 46.0 Å². The quantitative estimate of drug-likeness (QED) is 0.682. The lowest BCUT2D eigenvalue weighted by atomic mass is 9.98. The van der Waals surface area contributed by atoms with Gasteiger partial charge in [0, 0.05) is 6.54 Å². The van der Waals surface area contributed by atoms with Gasteiger partial charge in [0.1, 0.15) is 0 Å². The van der Waals surface area contributed by atoms with E-state index < -0.39 is 0 Å². The molecule has 2 unspecified atom stereocenters. The van der Waals surface area contributed by atoms with Crippen LogP contribution in [0.5, 0.6) is 0 Å². The molecule has 0 saturated carbocycles. The van der Waals surface area contributed by atoms with Crippen LogP contribution in [0.2, 0.25) is 0 Å². The lowest BCUT2D eigenvalue weighted by Gasteiger charge is -2.23. The Hall–Kier alpha value is -0.500. The average molecular weight is 196 g/mol. The molecule has 1 heterocycles. The molecule has 14 heavy (non-hydrogen) atoms. The van der Waals surface area contributed by atoms with Crippen LogP contribution in [0.25, 0.3) is 0 Å². The van der Waals surface area contributed by atoms with E-state index in [1.54, 1.807) is 0 Å². The van der Waals surface area contributed by atoms with Gasteiger partial charge in [-0.15, -0.1) is 0 Å². The predicted molar refractivity (Wildman–Crippen MR) is 62.0 cm³/mol. The summed E-state index contributed by atoms with van der Waals surface area (Å²) in [5, 5.41) is 6.77. The van der Waals surface area contributed by atoms with Gasteiger partial charge in [-0.25, -0.2) is 0 Å². The molecular formula is C12H24N2. The van der Waals surface area contributed by atoms with Crippen molar-refractivity contribution in [3.63, 3.8) is 0 Å². The van der Waals surface area contributed by atoms with E-state index in [1.165, 1.54) is 32.1 Å². The normalized spacial score (nSPS) is 23.1. The van der Waals surface area contributed by atoms with E-state index in [-0.39, 0.29) is 0 Å². The maximum atomic E-state index is 3.43. The van der Waals surface area contributed by atoms with Gasteiger partial charge >= 0.3 is 0 Å². The van der Waals surface area contributed by atoms with Crippen LogP contribution in [0.15, 0.2) is 12.3 Å². The molecule has 0 fully saturated rings. The van der Waals surface area contributed by atoms with Crippen LogP contribution in [0.4, 0.5) is 0 Å². The van der Waals surface area contributed by atoms with E-state index in [9.17, 15) is 0 Å². The highest BCUT2D eigenvalue weighted by atomic mass is 15.1. The monoisotopic (exact) mass is 196 g/mol. The molecule has 0 spiro atoms. The van der Waals surface area contributed by atoms with Crippen LogP contribution < -0.4 is 10.6 Å². The smallest absolute Gasteiger partial charge is 0.0765 e. The zero-order valence-electron chi connectivity index (χ0n) is 9.55. The highest BCUT2D eigenvalue weighted by Crippen LogP contribution is 2.14. The molecule has 1 aliphatic rings. The van der Waals surface area contributed by atoms with Gasteiger partial charge in [0.05, 0.1) is 6.17 Å². The molecule has 0 saturated heterocycles. The van der Waals surface area contributed by atoms with Crippen molar-refractivity contribution in [1.82, 2.24) is 10.6 Å². The van der Waals surface area contributed by atoms with Gasteiger partial charge in [0.2, 0.25) is 0 Å². The Labute approximate surface area is 88.2 Å². The Kier molecular flexibility index (Phi) is 5.69. The van der Waals surface area contributed by atoms with Gasteiger partial charge < -0.3 is 5.32 Å². The first kappa shape index (κ1) is 11.6. The summed E-state index contributed by atoms with van der Waals surface area (Å²) in [6.45, 7) is 5.65. The summed E-state index contributed by atoms with van der Waals surface area (Å²) < 4.78 is 0. The third-order valence-corrected chi connectivity index (χ3v) is 2.90. The third kappa shape index (κ3) is 4.66. The van der Waals surface area contributed by atoms with E-state index in [0.29, 0.717) is 6.17 Å². The Morgan fingerprint density at radius 2 is 2.29 bits per heavy atom. The minimum atomic E-state index is 0.504. The van der Waals surface area contributed by atoms with Crippen LogP contribution in [-0.2, 0) is 0 Å². The number of unbranched alkanes of at least 4 members (excludes halogenated alkanes) is 1. The van der Waals surface area contributed by atoms with Crippen LogP contribution in [0, 0.1) is 5.92 Å². The van der Waals surface area contributed by atoms with Gasteiger partial charge in [-0.3, -0.25) is 5.32 Å². The van der Waals surface area contributed by atoms with Crippen LogP contribution in [0.3, 0.4) is 0 Å². The van der Waals surface area contributed by atoms with E-state index in [4.69, 9.17) is 0 Å². The second kappa shape index (κ2) is 6.88. The lowest BCUT2D eigenvalue weighted by molar-refractivity contribution is 0.376. The molecule has 2 heteroatoms. The maximum absolute atomic E-state index is 3.43. The van der Waals surface area contributed by atoms with Crippen molar-refractivity contribution in [3.05, 3.63) is 12.3 Å². The second-order valence-electron chi connectivity index (χ2n) is 4.35. The molecule has 0 aromatic rings. The Morgan fingerprint density at radius 3 is 2.93 bits per heavy atom. The molecule has 0 amide bonds. The summed E-state index contributed by atoms with van der Waals surface area (Å²) in [6.07, 6.45) is 11.4. The summed E-state index contributed by atoms with van der Waals surface area (Å²) in [5.74, 6) is 0.879. The van der Waals surface area contributed by atoms with E-state index in [2.05, 4.69) is 36.8 Å².